The third kappa shape index (κ3) is 3.23. The zero-order valence-electron chi connectivity index (χ0n) is 15.4. The molecule has 0 bridgehead atoms. The lowest BCUT2D eigenvalue weighted by atomic mass is 10.1. The van der Waals surface area contributed by atoms with Crippen LogP contribution in [0.25, 0.3) is 10.9 Å². The standard InChI is InChI=1S/C18H24N6O2/c1-18(2,26)10-24-9-8-11-12(6-5-7-13(11)24)21-16-14(15(19)25)23(4)17(20-3)22-16/h5-9,21,26H,10H2,1-4H3,(H2,19,25)(H,20,22). The summed E-state index contributed by atoms with van der Waals surface area (Å²) in [6.07, 6.45) is 1.93. The van der Waals surface area contributed by atoms with E-state index < -0.39 is 11.5 Å². The first-order valence-corrected chi connectivity index (χ1v) is 8.33. The first kappa shape index (κ1) is 17.8. The Morgan fingerprint density at radius 3 is 2.69 bits per heavy atom. The second kappa shape index (κ2) is 6.38. The van der Waals surface area contributed by atoms with Gasteiger partial charge in [0, 0.05) is 31.4 Å². The SMILES string of the molecule is CNc1nc(Nc2cccc3c2ccn3CC(C)(C)O)c(C(N)=O)n1C. The fourth-order valence-electron chi connectivity index (χ4n) is 3.11. The number of nitrogens with one attached hydrogen (secondary N) is 2. The number of fused-ring (bicyclic) bond motifs is 1. The summed E-state index contributed by atoms with van der Waals surface area (Å²) in [5.41, 5.74) is 6.78. The predicted molar refractivity (Wildman–Crippen MR) is 103 cm³/mol. The predicted octanol–water partition coefficient (Wildman–Crippen LogP) is 2.03. The van der Waals surface area contributed by atoms with Crippen LogP contribution in [0.2, 0.25) is 0 Å². The molecule has 2 aromatic heterocycles. The Hall–Kier alpha value is -3.00. The highest BCUT2D eigenvalue weighted by molar-refractivity contribution is 6.00. The van der Waals surface area contributed by atoms with E-state index in [9.17, 15) is 9.90 Å². The fraction of sp³-hybridized carbons (Fsp3) is 0.333. The van der Waals surface area contributed by atoms with Crippen LogP contribution < -0.4 is 16.4 Å². The highest BCUT2D eigenvalue weighted by Gasteiger charge is 2.20. The lowest BCUT2D eigenvalue weighted by Gasteiger charge is -2.19. The van der Waals surface area contributed by atoms with Crippen LogP contribution in [0.5, 0.6) is 0 Å². The summed E-state index contributed by atoms with van der Waals surface area (Å²) in [5.74, 6) is 0.371. The fourth-order valence-corrected chi connectivity index (χ4v) is 3.11. The van der Waals surface area contributed by atoms with Crippen LogP contribution in [0.1, 0.15) is 24.3 Å². The van der Waals surface area contributed by atoms with E-state index in [1.54, 1.807) is 32.5 Å². The molecule has 0 saturated carbocycles. The summed E-state index contributed by atoms with van der Waals surface area (Å²) in [6, 6.07) is 7.78. The van der Waals surface area contributed by atoms with Crippen LogP contribution in [0.4, 0.5) is 17.5 Å². The number of nitrogens with zero attached hydrogens (tertiary/aromatic N) is 3. The van der Waals surface area contributed by atoms with Crippen molar-refractivity contribution in [3.05, 3.63) is 36.2 Å². The number of benzene rings is 1. The maximum Gasteiger partial charge on any atom is 0.269 e. The normalized spacial score (nSPS) is 11.7. The van der Waals surface area contributed by atoms with Crippen LogP contribution in [0.3, 0.4) is 0 Å². The van der Waals surface area contributed by atoms with Crippen molar-refractivity contribution < 1.29 is 9.90 Å². The van der Waals surface area contributed by atoms with Gasteiger partial charge in [-0.25, -0.2) is 0 Å². The number of carbonyl (C=O) groups excluding carboxylic acids is 1. The average molecular weight is 356 g/mol. The minimum atomic E-state index is -0.822. The van der Waals surface area contributed by atoms with Crippen molar-refractivity contribution in [3.63, 3.8) is 0 Å². The van der Waals surface area contributed by atoms with E-state index in [-0.39, 0.29) is 0 Å². The molecular formula is C18H24N6O2. The highest BCUT2D eigenvalue weighted by Crippen LogP contribution is 2.30. The molecule has 1 amide bonds. The van der Waals surface area contributed by atoms with Gasteiger partial charge in [-0.1, -0.05) is 6.07 Å². The molecule has 0 atom stereocenters. The van der Waals surface area contributed by atoms with Gasteiger partial charge in [-0.05, 0) is 32.0 Å². The van der Waals surface area contributed by atoms with E-state index in [0.29, 0.717) is 24.0 Å². The van der Waals surface area contributed by atoms with Crippen molar-refractivity contribution in [2.45, 2.75) is 26.0 Å². The van der Waals surface area contributed by atoms with Crippen LogP contribution in [-0.2, 0) is 13.6 Å². The first-order chi connectivity index (χ1) is 12.2. The molecule has 0 aliphatic heterocycles. The first-order valence-electron chi connectivity index (χ1n) is 8.33. The molecule has 0 radical (unpaired) electrons. The molecule has 1 aromatic carbocycles. The summed E-state index contributed by atoms with van der Waals surface area (Å²) in [6.45, 7) is 4.01. The molecule has 8 nitrogen and oxygen atoms in total. The molecule has 138 valence electrons. The number of rotatable bonds is 6. The molecule has 0 spiro atoms. The zero-order chi connectivity index (χ0) is 19.1. The van der Waals surface area contributed by atoms with E-state index >= 15 is 0 Å². The molecule has 0 aliphatic rings. The van der Waals surface area contributed by atoms with Gasteiger partial charge in [-0.15, -0.1) is 0 Å². The van der Waals surface area contributed by atoms with Crippen LogP contribution in [0, 0.1) is 0 Å². The number of imidazole rings is 1. The Bertz CT molecular complexity index is 964. The number of anilines is 3. The highest BCUT2D eigenvalue weighted by atomic mass is 16.3. The van der Waals surface area contributed by atoms with Gasteiger partial charge < -0.3 is 30.6 Å². The topological polar surface area (TPSA) is 110 Å². The van der Waals surface area contributed by atoms with Crippen molar-refractivity contribution in [3.8, 4) is 0 Å². The maximum absolute atomic E-state index is 11.8. The van der Waals surface area contributed by atoms with E-state index in [2.05, 4.69) is 15.6 Å². The monoisotopic (exact) mass is 356 g/mol. The van der Waals surface area contributed by atoms with Crippen LogP contribution in [0.15, 0.2) is 30.5 Å². The number of hydrogen-bond donors (Lipinski definition) is 4. The lowest BCUT2D eigenvalue weighted by Crippen LogP contribution is -2.25. The van der Waals surface area contributed by atoms with Gasteiger partial charge in [0.15, 0.2) is 11.5 Å². The Balaban J connectivity index is 2.04. The van der Waals surface area contributed by atoms with E-state index in [1.165, 1.54) is 0 Å². The van der Waals surface area contributed by atoms with E-state index in [4.69, 9.17) is 5.73 Å². The number of aliphatic hydroxyl groups is 1. The van der Waals surface area contributed by atoms with Crippen LogP contribution in [-0.4, -0.2) is 37.8 Å². The third-order valence-corrected chi connectivity index (χ3v) is 4.18. The number of hydrogen-bond acceptors (Lipinski definition) is 5. The minimum absolute atomic E-state index is 0.294. The van der Waals surface area contributed by atoms with Crippen molar-refractivity contribution >= 4 is 34.3 Å². The van der Waals surface area contributed by atoms with Gasteiger partial charge in [-0.2, -0.15) is 4.98 Å². The number of amides is 1. The molecule has 0 fully saturated rings. The third-order valence-electron chi connectivity index (χ3n) is 4.18. The lowest BCUT2D eigenvalue weighted by molar-refractivity contribution is 0.0628. The van der Waals surface area contributed by atoms with Crippen molar-refractivity contribution in [2.24, 2.45) is 12.8 Å². The molecule has 8 heteroatoms. The summed E-state index contributed by atoms with van der Waals surface area (Å²) < 4.78 is 3.61. The quantitative estimate of drug-likeness (QED) is 0.540. The molecule has 0 aliphatic carbocycles. The Labute approximate surface area is 151 Å². The minimum Gasteiger partial charge on any atom is -0.389 e. The molecular weight excluding hydrogens is 332 g/mol. The summed E-state index contributed by atoms with van der Waals surface area (Å²) >= 11 is 0. The van der Waals surface area contributed by atoms with Gasteiger partial charge in [0.25, 0.3) is 5.91 Å². The average Bonchev–Trinajstić information content (AvgIpc) is 3.08. The van der Waals surface area contributed by atoms with Crippen molar-refractivity contribution in [1.29, 1.82) is 0 Å². The van der Waals surface area contributed by atoms with Gasteiger partial charge in [0.05, 0.1) is 17.7 Å². The number of nitrogens with two attached hydrogens (primary N) is 1. The van der Waals surface area contributed by atoms with E-state index in [0.717, 1.165) is 16.6 Å². The van der Waals surface area contributed by atoms with Gasteiger partial charge in [0.2, 0.25) is 5.95 Å². The number of primary amides is 1. The Kier molecular flexibility index (Phi) is 4.37. The van der Waals surface area contributed by atoms with Gasteiger partial charge in [-0.3, -0.25) is 4.79 Å². The van der Waals surface area contributed by atoms with E-state index in [1.807, 2.05) is 35.0 Å². The summed E-state index contributed by atoms with van der Waals surface area (Å²) in [5, 5.41) is 17.2. The molecule has 2 heterocycles. The molecule has 0 unspecified atom stereocenters. The van der Waals surface area contributed by atoms with Crippen LogP contribution >= 0.6 is 0 Å². The molecule has 5 N–H and O–H groups in total. The molecule has 3 aromatic rings. The Morgan fingerprint density at radius 1 is 1.35 bits per heavy atom. The summed E-state index contributed by atoms with van der Waals surface area (Å²) in [7, 11) is 3.46. The maximum atomic E-state index is 11.8. The molecule has 3 rings (SSSR count). The molecule has 0 saturated heterocycles. The van der Waals surface area contributed by atoms with Crippen molar-refractivity contribution in [1.82, 2.24) is 14.1 Å². The Morgan fingerprint density at radius 2 is 2.08 bits per heavy atom. The number of carbonyl (C=O) groups is 1. The van der Waals surface area contributed by atoms with Gasteiger partial charge >= 0.3 is 0 Å². The zero-order valence-corrected chi connectivity index (χ0v) is 15.4. The molecule has 26 heavy (non-hydrogen) atoms. The van der Waals surface area contributed by atoms with Gasteiger partial charge in [0.1, 0.15) is 0 Å². The summed E-state index contributed by atoms with van der Waals surface area (Å²) in [4.78, 5) is 16.3. The second-order valence-electron chi connectivity index (χ2n) is 6.93. The number of aromatic nitrogens is 3. The second-order valence-corrected chi connectivity index (χ2v) is 6.93. The largest absolute Gasteiger partial charge is 0.389 e. The van der Waals surface area contributed by atoms with Crippen molar-refractivity contribution in [2.75, 3.05) is 17.7 Å². The smallest absolute Gasteiger partial charge is 0.269 e.